The van der Waals surface area contributed by atoms with Crippen LogP contribution >= 0.6 is 0 Å². The number of hydrogen-bond acceptors (Lipinski definition) is 5. The molecule has 128 valence electrons. The van der Waals surface area contributed by atoms with Gasteiger partial charge in [0.15, 0.2) is 6.61 Å². The summed E-state index contributed by atoms with van der Waals surface area (Å²) < 4.78 is 10.4. The Hall–Kier alpha value is -2.83. The number of benzene rings is 1. The molecule has 0 spiro atoms. The normalized spacial score (nSPS) is 13.2. The summed E-state index contributed by atoms with van der Waals surface area (Å²) in [7, 11) is 0. The minimum absolute atomic E-state index is 0.193. The zero-order valence-electron chi connectivity index (χ0n) is 13.4. The maximum absolute atomic E-state index is 11.9. The van der Waals surface area contributed by atoms with Gasteiger partial charge in [-0.2, -0.15) is 0 Å². The third-order valence-corrected chi connectivity index (χ3v) is 3.76. The first-order valence-corrected chi connectivity index (χ1v) is 7.59. The van der Waals surface area contributed by atoms with E-state index in [4.69, 9.17) is 14.3 Å². The van der Waals surface area contributed by atoms with Gasteiger partial charge in [0.25, 0.3) is 5.91 Å². The standard InChI is InChI=1S/C17H19NO6/c1-3-10(2)16(17(21)22)18-14(19)9-23-12-6-4-11-5-7-15(20)24-13(11)8-12/h4-8,10,16H,3,9H2,1-2H3,(H,18,19)(H,21,22). The molecular weight excluding hydrogens is 314 g/mol. The Labute approximate surface area is 138 Å². The third kappa shape index (κ3) is 4.34. The fraction of sp³-hybridized carbons (Fsp3) is 0.353. The lowest BCUT2D eigenvalue weighted by molar-refractivity contribution is -0.143. The summed E-state index contributed by atoms with van der Waals surface area (Å²) in [5, 5.41) is 12.3. The van der Waals surface area contributed by atoms with Crippen LogP contribution in [0.5, 0.6) is 5.75 Å². The number of carboxylic acid groups (broad SMARTS) is 1. The molecule has 7 heteroatoms. The van der Waals surface area contributed by atoms with Gasteiger partial charge in [-0.25, -0.2) is 9.59 Å². The summed E-state index contributed by atoms with van der Waals surface area (Å²) in [5.41, 5.74) is -0.126. The molecular formula is C17H19NO6. The molecule has 0 aliphatic rings. The number of amides is 1. The lowest BCUT2D eigenvalue weighted by atomic mass is 9.99. The Bertz CT molecular complexity index is 797. The van der Waals surface area contributed by atoms with Crippen molar-refractivity contribution in [1.82, 2.24) is 5.32 Å². The van der Waals surface area contributed by atoms with Gasteiger partial charge in [0.1, 0.15) is 17.4 Å². The first-order valence-electron chi connectivity index (χ1n) is 7.59. The highest BCUT2D eigenvalue weighted by Crippen LogP contribution is 2.19. The van der Waals surface area contributed by atoms with Crippen molar-refractivity contribution in [1.29, 1.82) is 0 Å². The first-order chi connectivity index (χ1) is 11.4. The molecule has 2 unspecified atom stereocenters. The largest absolute Gasteiger partial charge is 0.484 e. The van der Waals surface area contributed by atoms with E-state index in [-0.39, 0.29) is 12.5 Å². The summed E-state index contributed by atoms with van der Waals surface area (Å²) in [6, 6.07) is 6.83. The molecule has 7 nitrogen and oxygen atoms in total. The van der Waals surface area contributed by atoms with Crippen LogP contribution in [0.4, 0.5) is 0 Å². The van der Waals surface area contributed by atoms with Crippen LogP contribution in [0.3, 0.4) is 0 Å². The van der Waals surface area contributed by atoms with Crippen LogP contribution in [0.1, 0.15) is 20.3 Å². The first kappa shape index (κ1) is 17.5. The molecule has 1 amide bonds. The Morgan fingerprint density at radius 3 is 2.67 bits per heavy atom. The zero-order valence-corrected chi connectivity index (χ0v) is 13.4. The summed E-state index contributed by atoms with van der Waals surface area (Å²) in [6.45, 7) is 3.28. The Morgan fingerprint density at radius 1 is 1.29 bits per heavy atom. The Morgan fingerprint density at radius 2 is 2.00 bits per heavy atom. The number of ether oxygens (including phenoxy) is 1. The summed E-state index contributed by atoms with van der Waals surface area (Å²) >= 11 is 0. The lowest BCUT2D eigenvalue weighted by Crippen LogP contribution is -2.46. The van der Waals surface area contributed by atoms with Crippen molar-refractivity contribution in [2.24, 2.45) is 5.92 Å². The number of aliphatic carboxylic acids is 1. The van der Waals surface area contributed by atoms with E-state index in [0.717, 1.165) is 5.39 Å². The van der Waals surface area contributed by atoms with E-state index in [9.17, 15) is 14.4 Å². The lowest BCUT2D eigenvalue weighted by Gasteiger charge is -2.20. The van der Waals surface area contributed by atoms with Gasteiger partial charge in [0, 0.05) is 17.5 Å². The van der Waals surface area contributed by atoms with E-state index in [0.29, 0.717) is 17.8 Å². The van der Waals surface area contributed by atoms with Gasteiger partial charge in [-0.3, -0.25) is 4.79 Å². The molecule has 0 bridgehead atoms. The minimum atomic E-state index is -1.08. The van der Waals surface area contributed by atoms with Crippen LogP contribution in [0.2, 0.25) is 0 Å². The van der Waals surface area contributed by atoms with E-state index in [1.807, 2.05) is 6.92 Å². The van der Waals surface area contributed by atoms with Crippen molar-refractivity contribution in [2.45, 2.75) is 26.3 Å². The summed E-state index contributed by atoms with van der Waals surface area (Å²) in [5.74, 6) is -1.45. The van der Waals surface area contributed by atoms with Gasteiger partial charge in [-0.05, 0) is 24.1 Å². The van der Waals surface area contributed by atoms with Crippen molar-refractivity contribution < 1.29 is 23.8 Å². The van der Waals surface area contributed by atoms with Gasteiger partial charge in [-0.15, -0.1) is 0 Å². The van der Waals surface area contributed by atoms with Gasteiger partial charge in [0.05, 0.1) is 0 Å². The van der Waals surface area contributed by atoms with Crippen molar-refractivity contribution in [2.75, 3.05) is 6.61 Å². The second-order valence-electron chi connectivity index (χ2n) is 5.51. The topological polar surface area (TPSA) is 106 Å². The monoisotopic (exact) mass is 333 g/mol. The van der Waals surface area contributed by atoms with Crippen LogP contribution < -0.4 is 15.7 Å². The molecule has 2 rings (SSSR count). The maximum atomic E-state index is 11.9. The maximum Gasteiger partial charge on any atom is 0.336 e. The van der Waals surface area contributed by atoms with Crippen LogP contribution in [-0.2, 0) is 9.59 Å². The predicted octanol–water partition coefficient (Wildman–Crippen LogP) is 1.79. The number of nitrogens with one attached hydrogen (secondary N) is 1. The number of carboxylic acids is 1. The van der Waals surface area contributed by atoms with Gasteiger partial charge in [0.2, 0.25) is 0 Å². The van der Waals surface area contributed by atoms with Crippen LogP contribution in [0.25, 0.3) is 11.0 Å². The van der Waals surface area contributed by atoms with E-state index >= 15 is 0 Å². The second-order valence-corrected chi connectivity index (χ2v) is 5.51. The fourth-order valence-electron chi connectivity index (χ4n) is 2.18. The molecule has 0 fully saturated rings. The number of carbonyl (C=O) groups excluding carboxylic acids is 1. The van der Waals surface area contributed by atoms with Crippen LogP contribution in [0, 0.1) is 5.92 Å². The molecule has 2 N–H and O–H groups in total. The number of rotatable bonds is 7. The highest BCUT2D eigenvalue weighted by molar-refractivity contribution is 5.84. The molecule has 24 heavy (non-hydrogen) atoms. The molecule has 2 atom stereocenters. The molecule has 0 radical (unpaired) electrons. The molecule has 1 aromatic carbocycles. The van der Waals surface area contributed by atoms with Crippen molar-refractivity contribution in [3.63, 3.8) is 0 Å². The number of hydrogen-bond donors (Lipinski definition) is 2. The number of carbonyl (C=O) groups is 2. The zero-order chi connectivity index (χ0) is 17.7. The average molecular weight is 333 g/mol. The molecule has 0 saturated carbocycles. The van der Waals surface area contributed by atoms with Gasteiger partial charge < -0.3 is 19.6 Å². The molecule has 1 heterocycles. The van der Waals surface area contributed by atoms with E-state index in [1.54, 1.807) is 25.1 Å². The van der Waals surface area contributed by atoms with Gasteiger partial charge >= 0.3 is 11.6 Å². The van der Waals surface area contributed by atoms with Gasteiger partial charge in [-0.1, -0.05) is 20.3 Å². The summed E-state index contributed by atoms with van der Waals surface area (Å²) in [6.07, 6.45) is 0.627. The fourth-order valence-corrected chi connectivity index (χ4v) is 2.18. The van der Waals surface area contributed by atoms with Crippen LogP contribution in [0.15, 0.2) is 39.5 Å². The molecule has 0 aliphatic carbocycles. The third-order valence-electron chi connectivity index (χ3n) is 3.76. The van der Waals surface area contributed by atoms with Crippen molar-refractivity contribution in [3.05, 3.63) is 40.8 Å². The van der Waals surface area contributed by atoms with E-state index in [1.165, 1.54) is 12.1 Å². The SMILES string of the molecule is CCC(C)C(NC(=O)COc1ccc2ccc(=O)oc2c1)C(=O)O. The predicted molar refractivity (Wildman–Crippen MR) is 87.0 cm³/mol. The average Bonchev–Trinajstić information content (AvgIpc) is 2.56. The molecule has 2 aromatic rings. The summed E-state index contributed by atoms with van der Waals surface area (Å²) in [4.78, 5) is 34.3. The van der Waals surface area contributed by atoms with E-state index < -0.39 is 23.5 Å². The Kier molecular flexibility index (Phi) is 5.57. The number of fused-ring (bicyclic) bond motifs is 1. The highest BCUT2D eigenvalue weighted by Gasteiger charge is 2.25. The molecule has 0 aliphatic heterocycles. The highest BCUT2D eigenvalue weighted by atomic mass is 16.5. The van der Waals surface area contributed by atoms with Crippen molar-refractivity contribution >= 4 is 22.8 Å². The quantitative estimate of drug-likeness (QED) is 0.748. The van der Waals surface area contributed by atoms with Crippen molar-refractivity contribution in [3.8, 4) is 5.75 Å². The molecule has 0 saturated heterocycles. The molecule has 1 aromatic heterocycles. The second kappa shape index (κ2) is 7.63. The Balaban J connectivity index is 2.00. The van der Waals surface area contributed by atoms with Crippen LogP contribution in [-0.4, -0.2) is 29.6 Å². The minimum Gasteiger partial charge on any atom is -0.484 e. The van der Waals surface area contributed by atoms with E-state index in [2.05, 4.69) is 5.32 Å². The smallest absolute Gasteiger partial charge is 0.336 e.